The largest absolute Gasteiger partial charge is 0.465 e. The van der Waals surface area contributed by atoms with Gasteiger partial charge in [-0.1, -0.05) is 13.0 Å². The minimum Gasteiger partial charge on any atom is -0.465 e. The molecular formula is C14H19NO4. The van der Waals surface area contributed by atoms with E-state index >= 15 is 0 Å². The van der Waals surface area contributed by atoms with E-state index in [2.05, 4.69) is 6.58 Å². The molecule has 0 aliphatic carbocycles. The lowest BCUT2D eigenvalue weighted by Crippen LogP contribution is -2.36. The van der Waals surface area contributed by atoms with Crippen molar-refractivity contribution in [2.24, 2.45) is 0 Å². The fourth-order valence-electron chi connectivity index (χ4n) is 1.58. The molecule has 5 nitrogen and oxygen atoms in total. The molecule has 1 rings (SSSR count). The van der Waals surface area contributed by atoms with Crippen molar-refractivity contribution in [3.05, 3.63) is 36.3 Å². The van der Waals surface area contributed by atoms with Crippen molar-refractivity contribution in [1.29, 1.82) is 0 Å². The van der Waals surface area contributed by atoms with Gasteiger partial charge in [-0.25, -0.2) is 0 Å². The van der Waals surface area contributed by atoms with Crippen LogP contribution in [0.3, 0.4) is 0 Å². The van der Waals surface area contributed by atoms with Gasteiger partial charge in [0.1, 0.15) is 12.3 Å². The standard InChI is InChI=1S/C14H19NO4/c1-4-9-15(10-13(16)18-6-3)14(17)12-8-7-11(5-2)19-12/h4,7-8H,1,5-6,9-10H2,2-3H3. The summed E-state index contributed by atoms with van der Waals surface area (Å²) >= 11 is 0. The highest BCUT2D eigenvalue weighted by atomic mass is 16.5. The number of nitrogens with zero attached hydrogens (tertiary/aromatic N) is 1. The predicted molar refractivity (Wildman–Crippen MR) is 70.8 cm³/mol. The lowest BCUT2D eigenvalue weighted by atomic mass is 10.3. The lowest BCUT2D eigenvalue weighted by molar-refractivity contribution is -0.143. The molecule has 0 unspecified atom stereocenters. The Morgan fingerprint density at radius 2 is 2.16 bits per heavy atom. The van der Waals surface area contributed by atoms with Crippen molar-refractivity contribution < 1.29 is 18.7 Å². The van der Waals surface area contributed by atoms with E-state index in [-0.39, 0.29) is 31.4 Å². The van der Waals surface area contributed by atoms with E-state index in [4.69, 9.17) is 9.15 Å². The van der Waals surface area contributed by atoms with Crippen LogP contribution in [-0.4, -0.2) is 36.5 Å². The molecule has 5 heteroatoms. The Bertz CT molecular complexity index is 450. The molecule has 0 bridgehead atoms. The van der Waals surface area contributed by atoms with Crippen LogP contribution in [0.4, 0.5) is 0 Å². The Morgan fingerprint density at radius 3 is 2.68 bits per heavy atom. The number of hydrogen-bond donors (Lipinski definition) is 0. The van der Waals surface area contributed by atoms with Crippen LogP contribution in [0.15, 0.2) is 29.2 Å². The summed E-state index contributed by atoms with van der Waals surface area (Å²) in [6, 6.07) is 3.37. The third-order valence-corrected chi connectivity index (χ3v) is 2.48. The molecule has 104 valence electrons. The number of hydrogen-bond acceptors (Lipinski definition) is 4. The molecule has 0 radical (unpaired) electrons. The fourth-order valence-corrected chi connectivity index (χ4v) is 1.58. The van der Waals surface area contributed by atoms with Gasteiger partial charge in [0.2, 0.25) is 0 Å². The van der Waals surface area contributed by atoms with E-state index in [1.165, 1.54) is 4.90 Å². The molecule has 0 fully saturated rings. The van der Waals surface area contributed by atoms with Gasteiger partial charge < -0.3 is 14.1 Å². The monoisotopic (exact) mass is 265 g/mol. The van der Waals surface area contributed by atoms with E-state index < -0.39 is 5.97 Å². The van der Waals surface area contributed by atoms with Gasteiger partial charge in [0.05, 0.1) is 6.61 Å². The normalized spacial score (nSPS) is 10.0. The maximum absolute atomic E-state index is 12.2. The Hall–Kier alpha value is -2.04. The molecule has 0 aliphatic rings. The van der Waals surface area contributed by atoms with Crippen molar-refractivity contribution >= 4 is 11.9 Å². The van der Waals surface area contributed by atoms with Crippen molar-refractivity contribution in [1.82, 2.24) is 4.90 Å². The fraction of sp³-hybridized carbons (Fsp3) is 0.429. The summed E-state index contributed by atoms with van der Waals surface area (Å²) in [4.78, 5) is 25.0. The molecule has 0 N–H and O–H groups in total. The van der Waals surface area contributed by atoms with E-state index in [0.717, 1.165) is 5.76 Å². The van der Waals surface area contributed by atoms with E-state index in [1.807, 2.05) is 6.92 Å². The second kappa shape index (κ2) is 7.41. The van der Waals surface area contributed by atoms with E-state index in [1.54, 1.807) is 25.1 Å². The van der Waals surface area contributed by atoms with Crippen LogP contribution >= 0.6 is 0 Å². The maximum Gasteiger partial charge on any atom is 0.325 e. The number of furan rings is 1. The number of carbonyl (C=O) groups excluding carboxylic acids is 2. The Balaban J connectivity index is 2.77. The minimum atomic E-state index is -0.444. The van der Waals surface area contributed by atoms with Crippen LogP contribution in [0.1, 0.15) is 30.2 Å². The zero-order valence-electron chi connectivity index (χ0n) is 11.3. The van der Waals surface area contributed by atoms with Gasteiger partial charge in [-0.05, 0) is 19.1 Å². The molecule has 1 amide bonds. The first kappa shape index (κ1) is 15.0. The number of amides is 1. The van der Waals surface area contributed by atoms with Gasteiger partial charge in [-0.3, -0.25) is 9.59 Å². The first-order valence-electron chi connectivity index (χ1n) is 6.26. The average molecular weight is 265 g/mol. The molecule has 0 saturated heterocycles. The number of esters is 1. The summed E-state index contributed by atoms with van der Waals surface area (Å²) in [6.45, 7) is 7.67. The predicted octanol–water partition coefficient (Wildman–Crippen LogP) is 2.03. The summed E-state index contributed by atoms with van der Waals surface area (Å²) in [5, 5.41) is 0. The van der Waals surface area contributed by atoms with Gasteiger partial charge in [0, 0.05) is 13.0 Å². The van der Waals surface area contributed by atoms with Gasteiger partial charge in [-0.2, -0.15) is 0 Å². The summed E-state index contributed by atoms with van der Waals surface area (Å²) in [5.74, 6) is 0.175. The molecule has 19 heavy (non-hydrogen) atoms. The molecule has 0 aliphatic heterocycles. The molecule has 1 heterocycles. The molecular weight excluding hydrogens is 246 g/mol. The zero-order valence-corrected chi connectivity index (χ0v) is 11.3. The van der Waals surface area contributed by atoms with Crippen molar-refractivity contribution in [3.8, 4) is 0 Å². The van der Waals surface area contributed by atoms with Crippen LogP contribution in [0.2, 0.25) is 0 Å². The van der Waals surface area contributed by atoms with Gasteiger partial charge in [0.15, 0.2) is 5.76 Å². The number of carbonyl (C=O) groups is 2. The topological polar surface area (TPSA) is 59.8 Å². The quantitative estimate of drug-likeness (QED) is 0.559. The molecule has 1 aromatic rings. The third-order valence-electron chi connectivity index (χ3n) is 2.48. The van der Waals surface area contributed by atoms with E-state index in [0.29, 0.717) is 6.42 Å². The smallest absolute Gasteiger partial charge is 0.325 e. The van der Waals surface area contributed by atoms with Crippen molar-refractivity contribution in [2.45, 2.75) is 20.3 Å². The average Bonchev–Trinajstić information content (AvgIpc) is 2.86. The first-order valence-corrected chi connectivity index (χ1v) is 6.26. The van der Waals surface area contributed by atoms with Crippen molar-refractivity contribution in [2.75, 3.05) is 19.7 Å². The number of ether oxygens (including phenoxy) is 1. The van der Waals surface area contributed by atoms with Crippen molar-refractivity contribution in [3.63, 3.8) is 0 Å². The minimum absolute atomic E-state index is 0.110. The van der Waals surface area contributed by atoms with Crippen LogP contribution in [0.5, 0.6) is 0 Å². The Morgan fingerprint density at radius 1 is 1.42 bits per heavy atom. The third kappa shape index (κ3) is 4.28. The molecule has 0 atom stereocenters. The van der Waals surface area contributed by atoms with E-state index in [9.17, 15) is 9.59 Å². The molecule has 1 aromatic heterocycles. The van der Waals surface area contributed by atoms with Gasteiger partial charge in [0.25, 0.3) is 5.91 Å². The highest BCUT2D eigenvalue weighted by Crippen LogP contribution is 2.11. The Labute approximate surface area is 112 Å². The number of aryl methyl sites for hydroxylation is 1. The lowest BCUT2D eigenvalue weighted by Gasteiger charge is -2.18. The molecule has 0 spiro atoms. The molecule has 0 aromatic carbocycles. The second-order valence-corrected chi connectivity index (χ2v) is 3.90. The zero-order chi connectivity index (χ0) is 14.3. The summed E-state index contributed by atoms with van der Waals surface area (Å²) in [7, 11) is 0. The summed E-state index contributed by atoms with van der Waals surface area (Å²) in [5.41, 5.74) is 0. The molecule has 0 saturated carbocycles. The van der Waals surface area contributed by atoms with Crippen LogP contribution in [0, 0.1) is 0 Å². The first-order chi connectivity index (χ1) is 9.12. The highest BCUT2D eigenvalue weighted by molar-refractivity contribution is 5.93. The Kier molecular flexibility index (Phi) is 5.85. The maximum atomic E-state index is 12.2. The van der Waals surface area contributed by atoms with Crippen LogP contribution in [0.25, 0.3) is 0 Å². The summed E-state index contributed by atoms with van der Waals surface area (Å²) in [6.07, 6.45) is 2.27. The second-order valence-electron chi connectivity index (χ2n) is 3.90. The van der Waals surface area contributed by atoms with Crippen LogP contribution in [-0.2, 0) is 16.0 Å². The van der Waals surface area contributed by atoms with Gasteiger partial charge >= 0.3 is 5.97 Å². The highest BCUT2D eigenvalue weighted by Gasteiger charge is 2.21. The van der Waals surface area contributed by atoms with Crippen LogP contribution < -0.4 is 0 Å². The number of rotatable bonds is 7. The summed E-state index contributed by atoms with van der Waals surface area (Å²) < 4.78 is 10.2. The SMILES string of the molecule is C=CCN(CC(=O)OCC)C(=O)c1ccc(CC)o1. The van der Waals surface area contributed by atoms with Gasteiger partial charge in [-0.15, -0.1) is 6.58 Å².